The highest BCUT2D eigenvalue weighted by molar-refractivity contribution is 7.99. The van der Waals surface area contributed by atoms with Crippen LogP contribution in [0.2, 0.25) is 0 Å². The van der Waals surface area contributed by atoms with Crippen LogP contribution in [0.25, 0.3) is 0 Å². The molecular weight excluding hydrogens is 242 g/mol. The molecule has 16 heavy (non-hydrogen) atoms. The zero-order valence-electron chi connectivity index (χ0n) is 9.27. The van der Waals surface area contributed by atoms with Gasteiger partial charge in [-0.05, 0) is 31.3 Å². The fourth-order valence-electron chi connectivity index (χ4n) is 1.72. The Morgan fingerprint density at radius 1 is 1.56 bits per heavy atom. The molecule has 1 aliphatic rings. The van der Waals surface area contributed by atoms with Gasteiger partial charge in [0.15, 0.2) is 5.69 Å². The molecule has 1 saturated heterocycles. The molecule has 0 unspecified atom stereocenters. The average molecular weight is 257 g/mol. The summed E-state index contributed by atoms with van der Waals surface area (Å²) in [6.45, 7) is 2.22. The summed E-state index contributed by atoms with van der Waals surface area (Å²) in [5, 5.41) is 2.91. The number of carbonyl (C=O) groups excluding carboxylic acids is 1. The van der Waals surface area contributed by atoms with Crippen LogP contribution in [0, 0.1) is 0 Å². The molecule has 1 aliphatic heterocycles. The lowest BCUT2D eigenvalue weighted by Gasteiger charge is -2.18. The third kappa shape index (κ3) is 2.77. The summed E-state index contributed by atoms with van der Waals surface area (Å²) in [4.78, 5) is 15.8. The Labute approximate surface area is 104 Å². The first-order valence-corrected chi connectivity index (χ1v) is 7.55. The molecule has 0 saturated carbocycles. The van der Waals surface area contributed by atoms with Gasteiger partial charge < -0.3 is 4.74 Å². The van der Waals surface area contributed by atoms with Gasteiger partial charge in [-0.15, -0.1) is 11.3 Å². The minimum atomic E-state index is -0.296. The first kappa shape index (κ1) is 11.9. The minimum absolute atomic E-state index is 0.296. The molecule has 0 atom stereocenters. The lowest BCUT2D eigenvalue weighted by Crippen LogP contribution is -2.09. The highest BCUT2D eigenvalue weighted by Gasteiger charge is 2.20. The van der Waals surface area contributed by atoms with Crippen LogP contribution in [0.3, 0.4) is 0 Å². The highest BCUT2D eigenvalue weighted by Crippen LogP contribution is 2.33. The lowest BCUT2D eigenvalue weighted by molar-refractivity contribution is 0.0520. The molecule has 5 heteroatoms. The Hall–Kier alpha value is -0.550. The van der Waals surface area contributed by atoms with Crippen molar-refractivity contribution in [3.63, 3.8) is 0 Å². The molecule has 0 radical (unpaired) electrons. The molecule has 1 fully saturated rings. The standard InChI is InChI=1S/C11H15NO2S2/c1-2-14-11(13)9-7-16-10(12-9)8-3-5-15-6-4-8/h7-8H,2-6H2,1H3. The summed E-state index contributed by atoms with van der Waals surface area (Å²) in [5.41, 5.74) is 0.472. The van der Waals surface area contributed by atoms with Crippen LogP contribution in [0.1, 0.15) is 41.2 Å². The maximum atomic E-state index is 11.5. The molecule has 0 N–H and O–H groups in total. The second-order valence-electron chi connectivity index (χ2n) is 3.68. The van der Waals surface area contributed by atoms with E-state index in [1.807, 2.05) is 24.1 Å². The van der Waals surface area contributed by atoms with Crippen LogP contribution in [0.4, 0.5) is 0 Å². The van der Waals surface area contributed by atoms with E-state index in [0.29, 0.717) is 18.2 Å². The van der Waals surface area contributed by atoms with Crippen molar-refractivity contribution in [1.29, 1.82) is 0 Å². The van der Waals surface area contributed by atoms with Crippen molar-refractivity contribution < 1.29 is 9.53 Å². The summed E-state index contributed by atoms with van der Waals surface area (Å²) < 4.78 is 4.93. The second kappa shape index (κ2) is 5.68. The van der Waals surface area contributed by atoms with E-state index < -0.39 is 0 Å². The van der Waals surface area contributed by atoms with Gasteiger partial charge in [-0.3, -0.25) is 0 Å². The summed E-state index contributed by atoms with van der Waals surface area (Å²) in [5.74, 6) is 2.67. The van der Waals surface area contributed by atoms with Crippen LogP contribution in [-0.4, -0.2) is 29.1 Å². The number of hydrogen-bond donors (Lipinski definition) is 0. The Kier molecular flexibility index (Phi) is 4.23. The number of hydrogen-bond acceptors (Lipinski definition) is 5. The number of thiazole rings is 1. The van der Waals surface area contributed by atoms with E-state index in [1.165, 1.54) is 24.3 Å². The van der Waals surface area contributed by atoms with Crippen molar-refractivity contribution in [3.8, 4) is 0 Å². The number of thioether (sulfide) groups is 1. The molecule has 1 aromatic heterocycles. The smallest absolute Gasteiger partial charge is 0.357 e. The zero-order chi connectivity index (χ0) is 11.4. The van der Waals surface area contributed by atoms with Gasteiger partial charge in [0.05, 0.1) is 11.6 Å². The van der Waals surface area contributed by atoms with E-state index in [2.05, 4.69) is 4.98 Å². The van der Waals surface area contributed by atoms with E-state index in [1.54, 1.807) is 11.3 Å². The van der Waals surface area contributed by atoms with Crippen molar-refractivity contribution >= 4 is 29.1 Å². The van der Waals surface area contributed by atoms with E-state index in [0.717, 1.165) is 5.01 Å². The highest BCUT2D eigenvalue weighted by atomic mass is 32.2. The molecule has 0 spiro atoms. The van der Waals surface area contributed by atoms with E-state index in [-0.39, 0.29) is 5.97 Å². The van der Waals surface area contributed by atoms with Gasteiger partial charge in [0, 0.05) is 11.3 Å². The van der Waals surface area contributed by atoms with Gasteiger partial charge in [-0.1, -0.05) is 0 Å². The van der Waals surface area contributed by atoms with Crippen LogP contribution in [-0.2, 0) is 4.74 Å². The largest absolute Gasteiger partial charge is 0.461 e. The van der Waals surface area contributed by atoms with Crippen molar-refractivity contribution in [2.45, 2.75) is 25.7 Å². The summed E-state index contributed by atoms with van der Waals surface area (Å²) in [6, 6.07) is 0. The second-order valence-corrected chi connectivity index (χ2v) is 5.79. The predicted octanol–water partition coefficient (Wildman–Crippen LogP) is 2.93. The molecule has 0 amide bonds. The number of carbonyl (C=O) groups is 1. The summed E-state index contributed by atoms with van der Waals surface area (Å²) in [7, 11) is 0. The van der Waals surface area contributed by atoms with Gasteiger partial charge >= 0.3 is 5.97 Å². The number of rotatable bonds is 3. The topological polar surface area (TPSA) is 39.2 Å². The van der Waals surface area contributed by atoms with Crippen molar-refractivity contribution in [1.82, 2.24) is 4.98 Å². The monoisotopic (exact) mass is 257 g/mol. The van der Waals surface area contributed by atoms with Gasteiger partial charge in [0.25, 0.3) is 0 Å². The van der Waals surface area contributed by atoms with E-state index >= 15 is 0 Å². The van der Waals surface area contributed by atoms with E-state index in [4.69, 9.17) is 4.74 Å². The normalized spacial score (nSPS) is 17.3. The van der Waals surface area contributed by atoms with Crippen molar-refractivity contribution in [2.75, 3.05) is 18.1 Å². The van der Waals surface area contributed by atoms with E-state index in [9.17, 15) is 4.79 Å². The number of ether oxygens (including phenoxy) is 1. The number of esters is 1. The van der Waals surface area contributed by atoms with Gasteiger partial charge in [-0.25, -0.2) is 9.78 Å². The Morgan fingerprint density at radius 3 is 3.00 bits per heavy atom. The van der Waals surface area contributed by atoms with Gasteiger partial charge in [-0.2, -0.15) is 11.8 Å². The maximum Gasteiger partial charge on any atom is 0.357 e. The third-order valence-corrected chi connectivity index (χ3v) is 4.63. The first-order valence-electron chi connectivity index (χ1n) is 5.51. The fraction of sp³-hybridized carbons (Fsp3) is 0.636. The summed E-state index contributed by atoms with van der Waals surface area (Å²) >= 11 is 3.59. The Balaban J connectivity index is 2.03. The van der Waals surface area contributed by atoms with Crippen molar-refractivity contribution in [3.05, 3.63) is 16.1 Å². The molecule has 2 rings (SSSR count). The predicted molar refractivity (Wildman–Crippen MR) is 67.4 cm³/mol. The minimum Gasteiger partial charge on any atom is -0.461 e. The van der Waals surface area contributed by atoms with Gasteiger partial charge in [0.1, 0.15) is 0 Å². The Morgan fingerprint density at radius 2 is 2.31 bits per heavy atom. The van der Waals surface area contributed by atoms with Crippen LogP contribution < -0.4 is 0 Å². The fourth-order valence-corrected chi connectivity index (χ4v) is 3.79. The molecule has 3 nitrogen and oxygen atoms in total. The summed E-state index contributed by atoms with van der Waals surface area (Å²) in [6.07, 6.45) is 2.36. The van der Waals surface area contributed by atoms with Crippen molar-refractivity contribution in [2.24, 2.45) is 0 Å². The quantitative estimate of drug-likeness (QED) is 0.780. The molecule has 0 bridgehead atoms. The average Bonchev–Trinajstić information content (AvgIpc) is 2.80. The van der Waals surface area contributed by atoms with Crippen LogP contribution in [0.15, 0.2) is 5.38 Å². The van der Waals surface area contributed by atoms with Gasteiger partial charge in [0.2, 0.25) is 0 Å². The molecular formula is C11H15NO2S2. The molecule has 2 heterocycles. The van der Waals surface area contributed by atoms with Crippen LogP contribution in [0.5, 0.6) is 0 Å². The zero-order valence-corrected chi connectivity index (χ0v) is 10.9. The first-order chi connectivity index (χ1) is 7.81. The number of aromatic nitrogens is 1. The maximum absolute atomic E-state index is 11.5. The third-order valence-electron chi connectivity index (χ3n) is 2.58. The molecule has 88 valence electrons. The Bertz CT molecular complexity index is 359. The SMILES string of the molecule is CCOC(=O)c1csc(C2CCSCC2)n1. The number of nitrogens with zero attached hydrogens (tertiary/aromatic N) is 1. The molecule has 0 aromatic carbocycles. The molecule has 1 aromatic rings. The van der Waals surface area contributed by atoms with Crippen LogP contribution >= 0.6 is 23.1 Å². The lowest BCUT2D eigenvalue weighted by atomic mass is 10.0. The molecule has 0 aliphatic carbocycles.